The Morgan fingerprint density at radius 2 is 1.41 bits per heavy atom. The first kappa shape index (κ1) is 16.8. The van der Waals surface area contributed by atoms with Gasteiger partial charge in [-0.25, -0.2) is 0 Å². The van der Waals surface area contributed by atoms with Gasteiger partial charge in [-0.1, -0.05) is 18.6 Å². The maximum absolute atomic E-state index is 5.79. The highest BCUT2D eigenvalue weighted by Crippen LogP contribution is 2.19. The van der Waals surface area contributed by atoms with E-state index in [-0.39, 0.29) is 0 Å². The maximum Gasteiger partial charge on any atom is 0.501 e. The van der Waals surface area contributed by atoms with E-state index >= 15 is 0 Å². The van der Waals surface area contributed by atoms with E-state index in [9.17, 15) is 0 Å². The molecule has 0 aliphatic rings. The van der Waals surface area contributed by atoms with Crippen LogP contribution in [0.15, 0.2) is 11.6 Å². The van der Waals surface area contributed by atoms with Crippen LogP contribution in [0.3, 0.4) is 0 Å². The first-order chi connectivity index (χ1) is 8.14. The SMILES string of the molecule is CCO[Si](CC/C=C(\C)CC)(OCC)OCC. The van der Waals surface area contributed by atoms with Crippen LogP contribution in [0.5, 0.6) is 0 Å². The van der Waals surface area contributed by atoms with Gasteiger partial charge >= 0.3 is 8.80 Å². The minimum atomic E-state index is -2.42. The second-order valence-electron chi connectivity index (χ2n) is 3.92. The van der Waals surface area contributed by atoms with Crippen molar-refractivity contribution in [3.63, 3.8) is 0 Å². The summed E-state index contributed by atoms with van der Waals surface area (Å²) in [5.41, 5.74) is 1.41. The van der Waals surface area contributed by atoms with Crippen LogP contribution < -0.4 is 0 Å². The molecule has 4 heteroatoms. The highest BCUT2D eigenvalue weighted by atomic mass is 28.4. The molecule has 3 nitrogen and oxygen atoms in total. The van der Waals surface area contributed by atoms with Crippen LogP contribution in [0, 0.1) is 0 Å². The van der Waals surface area contributed by atoms with Gasteiger partial charge in [0.1, 0.15) is 0 Å². The van der Waals surface area contributed by atoms with Gasteiger partial charge in [0.2, 0.25) is 0 Å². The standard InChI is InChI=1S/C13H28O3Si/c1-6-13(5)11-10-12-17(14-7-2,15-8-3)16-9-4/h11H,6-10,12H2,1-5H3/b13-11+. The molecule has 0 heterocycles. The van der Waals surface area contributed by atoms with Gasteiger partial charge in [0.15, 0.2) is 0 Å². The molecule has 0 radical (unpaired) electrons. The van der Waals surface area contributed by atoms with Gasteiger partial charge in [0, 0.05) is 25.9 Å². The minimum absolute atomic E-state index is 0.655. The fourth-order valence-electron chi connectivity index (χ4n) is 1.64. The summed E-state index contributed by atoms with van der Waals surface area (Å²) in [6.45, 7) is 12.3. The van der Waals surface area contributed by atoms with Crippen LogP contribution in [0.4, 0.5) is 0 Å². The predicted octanol–water partition coefficient (Wildman–Crippen LogP) is 3.78. The van der Waals surface area contributed by atoms with Crippen molar-refractivity contribution in [1.82, 2.24) is 0 Å². The topological polar surface area (TPSA) is 27.7 Å². The average Bonchev–Trinajstić information content (AvgIpc) is 2.30. The fourth-order valence-corrected chi connectivity index (χ4v) is 4.14. The third-order valence-corrected chi connectivity index (χ3v) is 5.68. The summed E-state index contributed by atoms with van der Waals surface area (Å²) in [5.74, 6) is 0. The molecule has 102 valence electrons. The Balaban J connectivity index is 4.43. The average molecular weight is 260 g/mol. The number of allylic oxidation sites excluding steroid dienone is 2. The normalized spacial score (nSPS) is 13.1. The van der Waals surface area contributed by atoms with Crippen LogP contribution in [-0.4, -0.2) is 28.6 Å². The zero-order chi connectivity index (χ0) is 13.1. The molecule has 0 aromatic carbocycles. The Morgan fingerprint density at radius 1 is 0.941 bits per heavy atom. The molecule has 0 saturated heterocycles. The Bertz CT molecular complexity index is 200. The number of rotatable bonds is 10. The first-order valence-electron chi connectivity index (χ1n) is 6.71. The summed E-state index contributed by atoms with van der Waals surface area (Å²) in [5, 5.41) is 0. The van der Waals surface area contributed by atoms with E-state index in [1.165, 1.54) is 5.57 Å². The first-order valence-corrected chi connectivity index (χ1v) is 8.64. The molecule has 0 aromatic heterocycles. The quantitative estimate of drug-likeness (QED) is 0.442. The van der Waals surface area contributed by atoms with Crippen LogP contribution in [0.25, 0.3) is 0 Å². The Morgan fingerprint density at radius 3 is 1.76 bits per heavy atom. The van der Waals surface area contributed by atoms with Crippen molar-refractivity contribution >= 4 is 8.80 Å². The molecule has 0 unspecified atom stereocenters. The van der Waals surface area contributed by atoms with Crippen molar-refractivity contribution in [2.45, 2.75) is 53.5 Å². The summed E-state index contributed by atoms with van der Waals surface area (Å²) in [6, 6.07) is 0.875. The molecular formula is C13H28O3Si. The third kappa shape index (κ3) is 6.98. The molecule has 0 bridgehead atoms. The zero-order valence-corrected chi connectivity index (χ0v) is 13.0. The molecule has 0 fully saturated rings. The smallest absolute Gasteiger partial charge is 0.374 e. The molecule has 0 amide bonds. The van der Waals surface area contributed by atoms with Crippen LogP contribution in [-0.2, 0) is 13.3 Å². The van der Waals surface area contributed by atoms with Crippen molar-refractivity contribution < 1.29 is 13.3 Å². The highest BCUT2D eigenvalue weighted by molar-refractivity contribution is 6.60. The van der Waals surface area contributed by atoms with Crippen molar-refractivity contribution in [1.29, 1.82) is 0 Å². The van der Waals surface area contributed by atoms with Gasteiger partial charge in [-0.3, -0.25) is 0 Å². The van der Waals surface area contributed by atoms with Gasteiger partial charge in [-0.05, 0) is 40.5 Å². The summed E-state index contributed by atoms with van der Waals surface area (Å²) >= 11 is 0. The molecule has 0 N–H and O–H groups in total. The molecule has 0 atom stereocenters. The highest BCUT2D eigenvalue weighted by Gasteiger charge is 2.39. The molecule has 0 spiro atoms. The molecule has 0 aliphatic carbocycles. The number of hydrogen-bond acceptors (Lipinski definition) is 3. The van der Waals surface area contributed by atoms with Gasteiger partial charge < -0.3 is 13.3 Å². The summed E-state index contributed by atoms with van der Waals surface area (Å²) in [7, 11) is -2.42. The molecule has 17 heavy (non-hydrogen) atoms. The van der Waals surface area contributed by atoms with E-state index in [1.54, 1.807) is 0 Å². The van der Waals surface area contributed by atoms with Gasteiger partial charge in [0.25, 0.3) is 0 Å². The Hall–Kier alpha value is -0.163. The molecule has 0 saturated carbocycles. The third-order valence-electron chi connectivity index (χ3n) is 2.59. The molecule has 0 aliphatic heterocycles. The maximum atomic E-state index is 5.79. The summed E-state index contributed by atoms with van der Waals surface area (Å²) < 4.78 is 17.4. The predicted molar refractivity (Wildman–Crippen MR) is 74.1 cm³/mol. The van der Waals surface area contributed by atoms with Crippen molar-refractivity contribution in [3.05, 3.63) is 11.6 Å². The van der Waals surface area contributed by atoms with Crippen molar-refractivity contribution in [3.8, 4) is 0 Å². The lowest BCUT2D eigenvalue weighted by molar-refractivity contribution is 0.0716. The summed E-state index contributed by atoms with van der Waals surface area (Å²) in [6.07, 6.45) is 4.34. The lowest BCUT2D eigenvalue weighted by Gasteiger charge is -2.28. The molecule has 0 rings (SSSR count). The monoisotopic (exact) mass is 260 g/mol. The zero-order valence-electron chi connectivity index (χ0n) is 12.0. The second kappa shape index (κ2) is 9.83. The van der Waals surface area contributed by atoms with E-state index in [0.29, 0.717) is 19.8 Å². The van der Waals surface area contributed by atoms with Crippen molar-refractivity contribution in [2.24, 2.45) is 0 Å². The molecular weight excluding hydrogens is 232 g/mol. The fraction of sp³-hybridized carbons (Fsp3) is 0.846. The van der Waals surface area contributed by atoms with E-state index in [0.717, 1.165) is 18.9 Å². The van der Waals surface area contributed by atoms with E-state index in [4.69, 9.17) is 13.3 Å². The van der Waals surface area contributed by atoms with E-state index in [1.807, 2.05) is 20.8 Å². The van der Waals surface area contributed by atoms with Gasteiger partial charge in [-0.2, -0.15) is 0 Å². The van der Waals surface area contributed by atoms with Gasteiger partial charge in [-0.15, -0.1) is 0 Å². The van der Waals surface area contributed by atoms with Gasteiger partial charge in [0.05, 0.1) is 0 Å². The van der Waals surface area contributed by atoms with Crippen LogP contribution in [0.1, 0.15) is 47.5 Å². The Kier molecular flexibility index (Phi) is 9.73. The van der Waals surface area contributed by atoms with Crippen molar-refractivity contribution in [2.75, 3.05) is 19.8 Å². The molecule has 0 aromatic rings. The minimum Gasteiger partial charge on any atom is -0.374 e. The van der Waals surface area contributed by atoms with E-state index in [2.05, 4.69) is 19.9 Å². The number of hydrogen-bond donors (Lipinski definition) is 0. The summed E-state index contributed by atoms with van der Waals surface area (Å²) in [4.78, 5) is 0. The van der Waals surface area contributed by atoms with E-state index < -0.39 is 8.80 Å². The lowest BCUT2D eigenvalue weighted by atomic mass is 10.2. The van der Waals surface area contributed by atoms with Crippen LogP contribution >= 0.6 is 0 Å². The Labute approximate surface area is 108 Å². The second-order valence-corrected chi connectivity index (χ2v) is 6.66. The van der Waals surface area contributed by atoms with Crippen LogP contribution in [0.2, 0.25) is 6.04 Å². The lowest BCUT2D eigenvalue weighted by Crippen LogP contribution is -2.45. The largest absolute Gasteiger partial charge is 0.501 e.